The molecule has 1 amide bonds. The van der Waals surface area contributed by atoms with Crippen LogP contribution in [0.4, 0.5) is 11.4 Å². The molecule has 10 heteroatoms. The maximum atomic E-state index is 12.4. The SMILES string of the molecule is CCn1c(SCC(=O)Nc2cc(Cl)ccc2C)nnc1-c1sc2ncccc2c1N. The van der Waals surface area contributed by atoms with E-state index in [1.807, 2.05) is 36.6 Å². The van der Waals surface area contributed by atoms with Crippen molar-refractivity contribution in [3.8, 4) is 10.7 Å². The highest BCUT2D eigenvalue weighted by Crippen LogP contribution is 2.39. The minimum absolute atomic E-state index is 0.136. The van der Waals surface area contributed by atoms with Crippen LogP contribution in [0.25, 0.3) is 20.9 Å². The second-order valence-electron chi connectivity index (χ2n) is 6.55. The summed E-state index contributed by atoms with van der Waals surface area (Å²) in [5, 5.41) is 13.7. The lowest BCUT2D eigenvalue weighted by molar-refractivity contribution is -0.113. The van der Waals surface area contributed by atoms with Crippen molar-refractivity contribution < 1.29 is 4.79 Å². The van der Waals surface area contributed by atoms with Crippen molar-refractivity contribution in [2.75, 3.05) is 16.8 Å². The van der Waals surface area contributed by atoms with Crippen LogP contribution >= 0.6 is 34.7 Å². The van der Waals surface area contributed by atoms with Gasteiger partial charge in [0, 0.05) is 28.8 Å². The Morgan fingerprint density at radius 2 is 2.17 bits per heavy atom. The van der Waals surface area contributed by atoms with Crippen LogP contribution in [0.5, 0.6) is 0 Å². The maximum Gasteiger partial charge on any atom is 0.234 e. The summed E-state index contributed by atoms with van der Waals surface area (Å²) in [6.07, 6.45) is 1.74. The zero-order valence-corrected chi connectivity index (χ0v) is 18.7. The molecule has 0 spiro atoms. The molecule has 0 aliphatic carbocycles. The lowest BCUT2D eigenvalue weighted by Crippen LogP contribution is -2.15. The molecular weight excluding hydrogens is 440 g/mol. The van der Waals surface area contributed by atoms with Crippen LogP contribution in [0, 0.1) is 6.92 Å². The molecule has 4 rings (SSSR count). The summed E-state index contributed by atoms with van der Waals surface area (Å²) in [5.74, 6) is 0.753. The second-order valence-corrected chi connectivity index (χ2v) is 8.93. The molecule has 0 aliphatic heterocycles. The molecule has 0 fully saturated rings. The highest BCUT2D eigenvalue weighted by molar-refractivity contribution is 7.99. The molecule has 154 valence electrons. The average molecular weight is 459 g/mol. The van der Waals surface area contributed by atoms with E-state index >= 15 is 0 Å². The van der Waals surface area contributed by atoms with E-state index in [1.54, 1.807) is 18.3 Å². The van der Waals surface area contributed by atoms with Crippen molar-refractivity contribution in [1.29, 1.82) is 0 Å². The summed E-state index contributed by atoms with van der Waals surface area (Å²) in [6.45, 7) is 4.58. The van der Waals surface area contributed by atoms with Gasteiger partial charge in [-0.15, -0.1) is 21.5 Å². The van der Waals surface area contributed by atoms with Crippen LogP contribution in [0.1, 0.15) is 12.5 Å². The van der Waals surface area contributed by atoms with Crippen LogP contribution in [-0.2, 0) is 11.3 Å². The van der Waals surface area contributed by atoms with Gasteiger partial charge >= 0.3 is 0 Å². The van der Waals surface area contributed by atoms with E-state index < -0.39 is 0 Å². The first-order valence-electron chi connectivity index (χ1n) is 9.23. The normalized spacial score (nSPS) is 11.2. The number of aromatic nitrogens is 4. The van der Waals surface area contributed by atoms with Gasteiger partial charge < -0.3 is 15.6 Å². The molecule has 0 bridgehead atoms. The topological polar surface area (TPSA) is 98.7 Å². The lowest BCUT2D eigenvalue weighted by Gasteiger charge is -2.09. The number of rotatable bonds is 6. The third-order valence-corrected chi connectivity index (χ3v) is 6.87. The van der Waals surface area contributed by atoms with Crippen LogP contribution in [0.3, 0.4) is 0 Å². The van der Waals surface area contributed by atoms with Gasteiger partial charge in [0.2, 0.25) is 5.91 Å². The van der Waals surface area contributed by atoms with E-state index in [4.69, 9.17) is 17.3 Å². The monoisotopic (exact) mass is 458 g/mol. The van der Waals surface area contributed by atoms with Crippen LogP contribution < -0.4 is 11.1 Å². The number of halogens is 1. The summed E-state index contributed by atoms with van der Waals surface area (Å²) in [4.78, 5) is 18.5. The van der Waals surface area contributed by atoms with Gasteiger partial charge in [-0.1, -0.05) is 29.4 Å². The first kappa shape index (κ1) is 20.6. The first-order chi connectivity index (χ1) is 14.5. The smallest absolute Gasteiger partial charge is 0.234 e. The van der Waals surface area contributed by atoms with E-state index in [2.05, 4.69) is 20.5 Å². The average Bonchev–Trinajstić information content (AvgIpc) is 3.29. The fourth-order valence-corrected chi connectivity index (χ4v) is 5.04. The highest BCUT2D eigenvalue weighted by Gasteiger charge is 2.20. The van der Waals surface area contributed by atoms with Crippen LogP contribution in [-0.4, -0.2) is 31.4 Å². The second kappa shape index (κ2) is 8.63. The summed E-state index contributed by atoms with van der Waals surface area (Å²) < 4.78 is 1.96. The summed E-state index contributed by atoms with van der Waals surface area (Å²) in [7, 11) is 0. The minimum Gasteiger partial charge on any atom is -0.397 e. The van der Waals surface area contributed by atoms with Gasteiger partial charge in [0.1, 0.15) is 4.83 Å². The number of nitrogens with two attached hydrogens (primary N) is 1. The number of fused-ring (bicyclic) bond motifs is 1. The molecule has 0 radical (unpaired) electrons. The number of benzene rings is 1. The highest BCUT2D eigenvalue weighted by atomic mass is 35.5. The van der Waals surface area contributed by atoms with Crippen molar-refractivity contribution in [3.63, 3.8) is 0 Å². The predicted molar refractivity (Wildman–Crippen MR) is 124 cm³/mol. The molecule has 0 atom stereocenters. The predicted octanol–water partition coefficient (Wildman–Crippen LogP) is 4.85. The number of anilines is 2. The zero-order chi connectivity index (χ0) is 21.3. The molecule has 7 nitrogen and oxygen atoms in total. The number of hydrogen-bond donors (Lipinski definition) is 2. The molecule has 1 aromatic carbocycles. The molecule has 3 N–H and O–H groups in total. The third kappa shape index (κ3) is 4.00. The summed E-state index contributed by atoms with van der Waals surface area (Å²) >= 11 is 8.84. The van der Waals surface area contributed by atoms with Gasteiger partial charge in [-0.3, -0.25) is 4.79 Å². The number of aryl methyl sites for hydroxylation is 1. The number of nitrogens with zero attached hydrogens (tertiary/aromatic N) is 4. The van der Waals surface area contributed by atoms with E-state index in [9.17, 15) is 4.79 Å². The van der Waals surface area contributed by atoms with Crippen molar-refractivity contribution in [2.24, 2.45) is 0 Å². The molecule has 3 aromatic heterocycles. The molecule has 3 heterocycles. The Balaban J connectivity index is 1.53. The number of hydrogen-bond acceptors (Lipinski definition) is 7. The van der Waals surface area contributed by atoms with Crippen LogP contribution in [0.2, 0.25) is 5.02 Å². The minimum atomic E-state index is -0.136. The fourth-order valence-electron chi connectivity index (χ4n) is 3.01. The van der Waals surface area contributed by atoms with Gasteiger partial charge in [0.05, 0.1) is 16.3 Å². The Morgan fingerprint density at radius 1 is 1.33 bits per heavy atom. The van der Waals surface area contributed by atoms with Gasteiger partial charge in [-0.2, -0.15) is 0 Å². The molecular formula is C20H19ClN6OS2. The van der Waals surface area contributed by atoms with Crippen molar-refractivity contribution >= 4 is 62.2 Å². The zero-order valence-electron chi connectivity index (χ0n) is 16.3. The number of nitrogens with one attached hydrogen (secondary N) is 1. The Labute approximate surface area is 186 Å². The van der Waals surface area contributed by atoms with Crippen molar-refractivity contribution in [3.05, 3.63) is 47.1 Å². The first-order valence-corrected chi connectivity index (χ1v) is 11.4. The van der Waals surface area contributed by atoms with Crippen molar-refractivity contribution in [2.45, 2.75) is 25.5 Å². The lowest BCUT2D eigenvalue weighted by atomic mass is 10.2. The Kier molecular flexibility index (Phi) is 5.94. The number of thioether (sulfide) groups is 1. The number of amides is 1. The number of carbonyl (C=O) groups is 1. The Hall–Kier alpha value is -2.62. The molecule has 0 unspecified atom stereocenters. The van der Waals surface area contributed by atoms with Crippen LogP contribution in [0.15, 0.2) is 41.7 Å². The Bertz CT molecular complexity index is 1240. The molecule has 4 aromatic rings. The largest absolute Gasteiger partial charge is 0.397 e. The number of pyridine rings is 1. The van der Waals surface area contributed by atoms with E-state index in [0.717, 1.165) is 20.7 Å². The summed E-state index contributed by atoms with van der Waals surface area (Å²) in [5.41, 5.74) is 8.65. The van der Waals surface area contributed by atoms with Crippen molar-refractivity contribution in [1.82, 2.24) is 19.7 Å². The van der Waals surface area contributed by atoms with E-state index in [-0.39, 0.29) is 11.7 Å². The number of thiophene rings is 1. The molecule has 0 saturated carbocycles. The maximum absolute atomic E-state index is 12.4. The fraction of sp³-hybridized carbons (Fsp3) is 0.200. The molecule has 0 aliphatic rings. The van der Waals surface area contributed by atoms with Gasteiger partial charge in [0.25, 0.3) is 0 Å². The number of carbonyl (C=O) groups excluding carboxylic acids is 1. The Morgan fingerprint density at radius 3 is 2.93 bits per heavy atom. The quantitative estimate of drug-likeness (QED) is 0.401. The van der Waals surface area contributed by atoms with Gasteiger partial charge in [-0.05, 0) is 43.7 Å². The molecule has 30 heavy (non-hydrogen) atoms. The van der Waals surface area contributed by atoms with E-state index in [0.29, 0.717) is 33.9 Å². The third-order valence-electron chi connectivity index (χ3n) is 4.55. The molecule has 0 saturated heterocycles. The number of nitrogen functional groups attached to an aromatic ring is 1. The summed E-state index contributed by atoms with van der Waals surface area (Å²) in [6, 6.07) is 9.21. The van der Waals surface area contributed by atoms with Gasteiger partial charge in [-0.25, -0.2) is 4.98 Å². The standard InChI is InChI=1S/C20H19ClN6OS2/c1-3-27-18(17-16(22)13-5-4-8-23-19(13)30-17)25-26-20(27)29-10-15(28)24-14-9-12(21)7-6-11(14)2/h4-9H,3,10,22H2,1-2H3,(H,24,28). The van der Waals surface area contributed by atoms with Gasteiger partial charge in [0.15, 0.2) is 11.0 Å². The van der Waals surface area contributed by atoms with E-state index in [1.165, 1.54) is 23.1 Å².